The van der Waals surface area contributed by atoms with Crippen LogP contribution in [0.15, 0.2) is 24.3 Å². The van der Waals surface area contributed by atoms with Crippen molar-refractivity contribution in [3.05, 3.63) is 30.1 Å². The van der Waals surface area contributed by atoms with Gasteiger partial charge in [0.2, 0.25) is 5.91 Å². The maximum atomic E-state index is 13.8. The zero-order chi connectivity index (χ0) is 14.5. The number of hydrogen-bond acceptors (Lipinski definition) is 2. The third kappa shape index (κ3) is 3.18. The van der Waals surface area contributed by atoms with Gasteiger partial charge in [-0.2, -0.15) is 0 Å². The second kappa shape index (κ2) is 6.84. The molecule has 110 valence electrons. The maximum absolute atomic E-state index is 13.8. The first-order valence-corrected chi connectivity index (χ1v) is 7.41. The molecule has 2 rings (SSSR count). The predicted molar refractivity (Wildman–Crippen MR) is 79.3 cm³/mol. The molecule has 1 fully saturated rings. The minimum absolute atomic E-state index is 0.0223. The Labute approximate surface area is 120 Å². The van der Waals surface area contributed by atoms with E-state index < -0.39 is 0 Å². The van der Waals surface area contributed by atoms with E-state index in [1.165, 1.54) is 18.9 Å². The van der Waals surface area contributed by atoms with Crippen LogP contribution in [0.4, 0.5) is 10.1 Å². The van der Waals surface area contributed by atoms with E-state index >= 15 is 0 Å². The van der Waals surface area contributed by atoms with Crippen LogP contribution >= 0.6 is 0 Å². The van der Waals surface area contributed by atoms with Gasteiger partial charge >= 0.3 is 0 Å². The topological polar surface area (TPSA) is 23.6 Å². The van der Waals surface area contributed by atoms with Crippen LogP contribution < -0.4 is 4.90 Å². The summed E-state index contributed by atoms with van der Waals surface area (Å²) in [6.45, 7) is 3.69. The average Bonchev–Trinajstić information content (AvgIpc) is 2.81. The molecule has 1 atom stereocenters. The Morgan fingerprint density at radius 3 is 2.80 bits per heavy atom. The van der Waals surface area contributed by atoms with E-state index in [1.54, 1.807) is 23.1 Å². The van der Waals surface area contributed by atoms with E-state index in [0.29, 0.717) is 12.2 Å². The quantitative estimate of drug-likeness (QED) is 0.747. The van der Waals surface area contributed by atoms with Crippen molar-refractivity contribution in [2.24, 2.45) is 0 Å². The van der Waals surface area contributed by atoms with E-state index in [2.05, 4.69) is 11.8 Å². The molecular formula is C16H23FN2O. The van der Waals surface area contributed by atoms with Gasteiger partial charge in [-0.1, -0.05) is 31.9 Å². The van der Waals surface area contributed by atoms with Gasteiger partial charge in [-0.15, -0.1) is 0 Å². The van der Waals surface area contributed by atoms with E-state index in [1.807, 2.05) is 7.05 Å². The number of carbonyl (C=O) groups excluding carboxylic acids is 1. The van der Waals surface area contributed by atoms with Gasteiger partial charge in [0.25, 0.3) is 0 Å². The Morgan fingerprint density at radius 1 is 1.35 bits per heavy atom. The number of unbranched alkanes of at least 4 members (excludes halogenated alkanes) is 2. The van der Waals surface area contributed by atoms with Gasteiger partial charge in [0.05, 0.1) is 11.7 Å². The number of likely N-dealkylation sites (N-methyl/N-ethyl adjacent to an activating group) is 1. The Bertz CT molecular complexity index is 464. The summed E-state index contributed by atoms with van der Waals surface area (Å²) in [5, 5.41) is 0. The SMILES string of the molecule is CCCCCN(C)C1CCN(c2ccccc2F)C1=O. The highest BCUT2D eigenvalue weighted by molar-refractivity contribution is 5.99. The molecule has 0 spiro atoms. The van der Waals surface area contributed by atoms with Crippen molar-refractivity contribution in [2.75, 3.05) is 25.0 Å². The van der Waals surface area contributed by atoms with Gasteiger partial charge in [-0.3, -0.25) is 9.69 Å². The second-order valence-electron chi connectivity index (χ2n) is 5.43. The molecule has 0 aliphatic carbocycles. The van der Waals surface area contributed by atoms with Crippen molar-refractivity contribution in [3.8, 4) is 0 Å². The van der Waals surface area contributed by atoms with Gasteiger partial charge in [-0.25, -0.2) is 4.39 Å². The summed E-state index contributed by atoms with van der Waals surface area (Å²) >= 11 is 0. The number of benzene rings is 1. The lowest BCUT2D eigenvalue weighted by atomic mass is 10.2. The first-order chi connectivity index (χ1) is 9.65. The molecule has 20 heavy (non-hydrogen) atoms. The molecule has 1 aliphatic rings. The van der Waals surface area contributed by atoms with Crippen molar-refractivity contribution >= 4 is 11.6 Å². The smallest absolute Gasteiger partial charge is 0.244 e. The summed E-state index contributed by atoms with van der Waals surface area (Å²) in [7, 11) is 1.99. The van der Waals surface area contributed by atoms with Crippen LogP contribution in [-0.4, -0.2) is 37.0 Å². The molecule has 1 heterocycles. The molecule has 1 aliphatic heterocycles. The summed E-state index contributed by atoms with van der Waals surface area (Å²) in [5.41, 5.74) is 0.405. The number of rotatable bonds is 6. The zero-order valence-electron chi connectivity index (χ0n) is 12.3. The molecule has 0 saturated carbocycles. The van der Waals surface area contributed by atoms with Crippen LogP contribution in [0.25, 0.3) is 0 Å². The number of halogens is 1. The van der Waals surface area contributed by atoms with E-state index in [4.69, 9.17) is 0 Å². The van der Waals surface area contributed by atoms with Crippen molar-refractivity contribution in [3.63, 3.8) is 0 Å². The Balaban J connectivity index is 2.00. The Morgan fingerprint density at radius 2 is 2.10 bits per heavy atom. The number of hydrogen-bond donors (Lipinski definition) is 0. The Kier molecular flexibility index (Phi) is 5.12. The molecule has 1 amide bonds. The van der Waals surface area contributed by atoms with Gasteiger partial charge in [0.15, 0.2) is 0 Å². The zero-order valence-corrected chi connectivity index (χ0v) is 12.3. The molecule has 1 saturated heterocycles. The highest BCUT2D eigenvalue weighted by atomic mass is 19.1. The fraction of sp³-hybridized carbons (Fsp3) is 0.562. The molecule has 1 aromatic rings. The lowest BCUT2D eigenvalue weighted by molar-refractivity contribution is -0.121. The van der Waals surface area contributed by atoms with Crippen LogP contribution in [0.5, 0.6) is 0 Å². The van der Waals surface area contributed by atoms with Crippen molar-refractivity contribution in [2.45, 2.75) is 38.6 Å². The summed E-state index contributed by atoms with van der Waals surface area (Å²) in [6.07, 6.45) is 4.24. The van der Waals surface area contributed by atoms with Crippen molar-refractivity contribution < 1.29 is 9.18 Å². The average molecular weight is 278 g/mol. The third-order valence-electron chi connectivity index (χ3n) is 3.97. The first kappa shape index (κ1) is 15.0. The Hall–Kier alpha value is -1.42. The standard InChI is InChI=1S/C16H23FN2O/c1-3-4-7-11-18(2)15-10-12-19(16(15)20)14-9-6-5-8-13(14)17/h5-6,8-9,15H,3-4,7,10-12H2,1-2H3. The first-order valence-electron chi connectivity index (χ1n) is 7.41. The molecule has 3 nitrogen and oxygen atoms in total. The maximum Gasteiger partial charge on any atom is 0.244 e. The lowest BCUT2D eigenvalue weighted by Gasteiger charge is -2.23. The molecule has 0 bridgehead atoms. The van der Waals surface area contributed by atoms with Crippen LogP contribution in [0.1, 0.15) is 32.6 Å². The van der Waals surface area contributed by atoms with Gasteiger partial charge < -0.3 is 4.90 Å². The third-order valence-corrected chi connectivity index (χ3v) is 3.97. The highest BCUT2D eigenvalue weighted by Crippen LogP contribution is 2.26. The molecule has 1 unspecified atom stereocenters. The number of amides is 1. The molecule has 4 heteroatoms. The minimum Gasteiger partial charge on any atom is -0.308 e. The monoisotopic (exact) mass is 278 g/mol. The van der Waals surface area contributed by atoms with Crippen LogP contribution in [0, 0.1) is 5.82 Å². The van der Waals surface area contributed by atoms with Gasteiger partial charge in [0, 0.05) is 6.54 Å². The van der Waals surface area contributed by atoms with E-state index in [-0.39, 0.29) is 17.8 Å². The number of carbonyl (C=O) groups is 1. The van der Waals surface area contributed by atoms with Gasteiger partial charge in [-0.05, 0) is 38.6 Å². The van der Waals surface area contributed by atoms with Crippen LogP contribution in [-0.2, 0) is 4.79 Å². The molecule has 0 N–H and O–H groups in total. The fourth-order valence-corrected chi connectivity index (χ4v) is 2.75. The lowest BCUT2D eigenvalue weighted by Crippen LogP contribution is -2.40. The predicted octanol–water partition coefficient (Wildman–Crippen LogP) is 3.05. The number of para-hydroxylation sites is 1. The molecule has 1 aromatic carbocycles. The second-order valence-corrected chi connectivity index (χ2v) is 5.43. The number of nitrogens with zero attached hydrogens (tertiary/aromatic N) is 2. The highest BCUT2D eigenvalue weighted by Gasteiger charge is 2.35. The van der Waals surface area contributed by atoms with Crippen molar-refractivity contribution in [1.82, 2.24) is 4.90 Å². The van der Waals surface area contributed by atoms with Crippen LogP contribution in [0.2, 0.25) is 0 Å². The number of anilines is 1. The van der Waals surface area contributed by atoms with Crippen LogP contribution in [0.3, 0.4) is 0 Å². The minimum atomic E-state index is -0.324. The van der Waals surface area contributed by atoms with E-state index in [9.17, 15) is 9.18 Å². The van der Waals surface area contributed by atoms with E-state index in [0.717, 1.165) is 19.4 Å². The molecule has 0 radical (unpaired) electrons. The van der Waals surface area contributed by atoms with Crippen molar-refractivity contribution in [1.29, 1.82) is 0 Å². The summed E-state index contributed by atoms with van der Waals surface area (Å²) in [5.74, 6) is -0.302. The largest absolute Gasteiger partial charge is 0.308 e. The summed E-state index contributed by atoms with van der Waals surface area (Å²) in [4.78, 5) is 16.1. The summed E-state index contributed by atoms with van der Waals surface area (Å²) in [6, 6.07) is 6.39. The summed E-state index contributed by atoms with van der Waals surface area (Å²) < 4.78 is 13.8. The fourth-order valence-electron chi connectivity index (χ4n) is 2.75. The van der Waals surface area contributed by atoms with Gasteiger partial charge in [0.1, 0.15) is 5.82 Å². The molecular weight excluding hydrogens is 255 g/mol. The normalized spacial score (nSPS) is 19.1. The molecule has 0 aromatic heterocycles.